The van der Waals surface area contributed by atoms with Gasteiger partial charge < -0.3 is 9.55 Å². The molecular weight excluding hydrogens is 305 g/mol. The zero-order valence-electron chi connectivity index (χ0n) is 14.3. The second-order valence-electron chi connectivity index (χ2n) is 6.22. The second-order valence-corrected chi connectivity index (χ2v) is 6.22. The number of benzene rings is 3. The first-order chi connectivity index (χ1) is 12.4. The van der Waals surface area contributed by atoms with Crippen molar-refractivity contribution < 1.29 is 4.74 Å². The molecule has 0 radical (unpaired) electrons. The number of rotatable bonds is 4. The normalized spacial score (nSPS) is 12.8. The van der Waals surface area contributed by atoms with Gasteiger partial charge in [0.05, 0.1) is 7.11 Å². The highest BCUT2D eigenvalue weighted by atomic mass is 16.5. The van der Waals surface area contributed by atoms with Gasteiger partial charge in [-0.05, 0) is 28.7 Å². The number of hydrogen-bond acceptors (Lipinski definition) is 2. The molecule has 1 heterocycles. The number of anilines is 1. The summed E-state index contributed by atoms with van der Waals surface area (Å²) in [6.45, 7) is 0.997. The molecule has 2 nitrogen and oxygen atoms in total. The van der Waals surface area contributed by atoms with Crippen LogP contribution < -0.4 is 15.0 Å². The van der Waals surface area contributed by atoms with E-state index in [4.69, 9.17) is 4.74 Å². The molecule has 0 aromatic heterocycles. The molecule has 1 aliphatic heterocycles. The summed E-state index contributed by atoms with van der Waals surface area (Å²) in [4.78, 5) is 2.45. The van der Waals surface area contributed by atoms with Gasteiger partial charge in [-0.15, -0.1) is 0 Å². The van der Waals surface area contributed by atoms with Crippen LogP contribution in [0.2, 0.25) is 0 Å². The third-order valence-electron chi connectivity index (χ3n) is 4.69. The summed E-state index contributed by atoms with van der Waals surface area (Å²) < 4.78 is 5.62. The molecule has 122 valence electrons. The Labute approximate surface area is 149 Å². The fourth-order valence-corrected chi connectivity index (χ4v) is 3.48. The van der Waals surface area contributed by atoms with E-state index in [0.29, 0.717) is 0 Å². The van der Waals surface area contributed by atoms with Crippen LogP contribution in [-0.2, 0) is 6.54 Å². The van der Waals surface area contributed by atoms with Crippen molar-refractivity contribution >= 4 is 24.1 Å². The average molecular weight is 325 g/mol. The number of ether oxygens (including phenoxy) is 1. The van der Waals surface area contributed by atoms with Crippen molar-refractivity contribution in [3.63, 3.8) is 0 Å². The Kier molecular flexibility index (Phi) is 4.30. The summed E-state index contributed by atoms with van der Waals surface area (Å²) in [5.41, 5.74) is 4.99. The van der Waals surface area contributed by atoms with Crippen molar-refractivity contribution in [2.24, 2.45) is 0 Å². The molecule has 0 saturated carbocycles. The van der Waals surface area contributed by atoms with Crippen LogP contribution in [0.15, 0.2) is 84.8 Å². The lowest BCUT2D eigenvalue weighted by atomic mass is 9.52. The van der Waals surface area contributed by atoms with Crippen LogP contribution in [0.25, 0.3) is 6.08 Å². The maximum Gasteiger partial charge on any atom is 0.320 e. The molecule has 0 atom stereocenters. The van der Waals surface area contributed by atoms with E-state index in [1.54, 1.807) is 7.11 Å². The van der Waals surface area contributed by atoms with Crippen molar-refractivity contribution in [3.8, 4) is 5.75 Å². The van der Waals surface area contributed by atoms with Gasteiger partial charge in [0, 0.05) is 12.2 Å². The lowest BCUT2D eigenvalue weighted by molar-refractivity contribution is 0.418. The number of hydrogen-bond donors (Lipinski definition) is 0. The second kappa shape index (κ2) is 6.90. The quantitative estimate of drug-likeness (QED) is 0.668. The SMILES string of the molecule is COc1ccccc1B1C=Cc2ccccc2N1Cc1ccccc1. The zero-order valence-corrected chi connectivity index (χ0v) is 14.3. The molecular formula is C22H20BNO. The molecule has 0 spiro atoms. The average Bonchev–Trinajstić information content (AvgIpc) is 2.69. The minimum absolute atomic E-state index is 0.145. The van der Waals surface area contributed by atoms with E-state index in [2.05, 4.69) is 83.6 Å². The molecule has 3 aromatic rings. The highest BCUT2D eigenvalue weighted by Crippen LogP contribution is 2.29. The highest BCUT2D eigenvalue weighted by molar-refractivity contribution is 6.82. The zero-order chi connectivity index (χ0) is 17.1. The van der Waals surface area contributed by atoms with Crippen molar-refractivity contribution in [1.29, 1.82) is 0 Å². The Morgan fingerprint density at radius 1 is 0.840 bits per heavy atom. The summed E-state index contributed by atoms with van der Waals surface area (Å²) in [7, 11) is 1.74. The lowest BCUT2D eigenvalue weighted by Gasteiger charge is -2.35. The predicted octanol–water partition coefficient (Wildman–Crippen LogP) is 4.17. The maximum absolute atomic E-state index is 5.62. The Morgan fingerprint density at radius 3 is 2.40 bits per heavy atom. The monoisotopic (exact) mass is 325 g/mol. The first-order valence-corrected chi connectivity index (χ1v) is 8.57. The van der Waals surface area contributed by atoms with Crippen LogP contribution in [0.3, 0.4) is 0 Å². The van der Waals surface area contributed by atoms with Crippen LogP contribution in [0.4, 0.5) is 5.69 Å². The van der Waals surface area contributed by atoms with Crippen LogP contribution in [0.1, 0.15) is 11.1 Å². The van der Waals surface area contributed by atoms with Crippen molar-refractivity contribution in [2.45, 2.75) is 6.54 Å². The van der Waals surface area contributed by atoms with Crippen LogP contribution in [-0.4, -0.2) is 14.0 Å². The first kappa shape index (κ1) is 15.6. The van der Waals surface area contributed by atoms with E-state index in [-0.39, 0.29) is 6.85 Å². The van der Waals surface area contributed by atoms with Crippen LogP contribution in [0, 0.1) is 0 Å². The van der Waals surface area contributed by atoms with Gasteiger partial charge in [-0.1, -0.05) is 78.8 Å². The number of nitrogens with zero attached hydrogens (tertiary/aromatic N) is 1. The standard InChI is InChI=1S/C22H20BNO/c1-25-22-14-8-6-12-20(22)23-16-15-19-11-5-7-13-21(19)24(23)17-18-9-3-2-4-10-18/h2-16H,17H2,1H3. The van der Waals surface area contributed by atoms with E-state index in [1.807, 2.05) is 12.1 Å². The molecule has 0 bridgehead atoms. The maximum atomic E-state index is 5.62. The molecule has 25 heavy (non-hydrogen) atoms. The van der Waals surface area contributed by atoms with Crippen molar-refractivity contribution in [3.05, 3.63) is 96.0 Å². The Morgan fingerprint density at radius 2 is 1.56 bits per heavy atom. The molecule has 4 rings (SSSR count). The van der Waals surface area contributed by atoms with Gasteiger partial charge in [-0.2, -0.15) is 0 Å². The smallest absolute Gasteiger partial charge is 0.320 e. The van der Waals surface area contributed by atoms with E-state index >= 15 is 0 Å². The molecule has 0 unspecified atom stereocenters. The van der Waals surface area contributed by atoms with Crippen LogP contribution in [0.5, 0.6) is 5.75 Å². The van der Waals surface area contributed by atoms with E-state index in [9.17, 15) is 0 Å². The van der Waals surface area contributed by atoms with E-state index in [1.165, 1.54) is 22.3 Å². The molecule has 0 aliphatic carbocycles. The minimum atomic E-state index is 0.145. The predicted molar refractivity (Wildman–Crippen MR) is 106 cm³/mol. The minimum Gasteiger partial charge on any atom is -0.497 e. The van der Waals surface area contributed by atoms with E-state index in [0.717, 1.165) is 12.3 Å². The molecule has 3 heteroatoms. The third-order valence-corrected chi connectivity index (χ3v) is 4.69. The van der Waals surface area contributed by atoms with Gasteiger partial charge in [0.15, 0.2) is 0 Å². The summed E-state index contributed by atoms with van der Waals surface area (Å²) >= 11 is 0. The third kappa shape index (κ3) is 3.05. The number of methoxy groups -OCH3 is 1. The van der Waals surface area contributed by atoms with Gasteiger partial charge in [0.1, 0.15) is 5.75 Å². The van der Waals surface area contributed by atoms with Gasteiger partial charge in [0.25, 0.3) is 0 Å². The highest BCUT2D eigenvalue weighted by Gasteiger charge is 2.30. The Bertz CT molecular complexity index is 891. The molecule has 3 aromatic carbocycles. The van der Waals surface area contributed by atoms with Gasteiger partial charge in [-0.25, -0.2) is 0 Å². The first-order valence-electron chi connectivity index (χ1n) is 8.57. The summed E-state index contributed by atoms with van der Waals surface area (Å²) in [5, 5.41) is 0. The summed E-state index contributed by atoms with van der Waals surface area (Å²) in [6, 6.07) is 27.5. The van der Waals surface area contributed by atoms with E-state index < -0.39 is 0 Å². The number of fused-ring (bicyclic) bond motifs is 1. The number of para-hydroxylation sites is 2. The topological polar surface area (TPSA) is 12.5 Å². The largest absolute Gasteiger partial charge is 0.497 e. The molecule has 0 amide bonds. The van der Waals surface area contributed by atoms with Crippen molar-refractivity contribution in [1.82, 2.24) is 0 Å². The Balaban J connectivity index is 1.80. The molecule has 1 aliphatic rings. The molecule has 0 saturated heterocycles. The summed E-state index contributed by atoms with van der Waals surface area (Å²) in [5.74, 6) is 3.19. The molecule has 0 fully saturated rings. The van der Waals surface area contributed by atoms with Gasteiger partial charge in [-0.3, -0.25) is 0 Å². The van der Waals surface area contributed by atoms with Gasteiger partial charge in [0.2, 0.25) is 0 Å². The van der Waals surface area contributed by atoms with Crippen molar-refractivity contribution in [2.75, 3.05) is 11.9 Å². The fourth-order valence-electron chi connectivity index (χ4n) is 3.48. The van der Waals surface area contributed by atoms with Crippen LogP contribution >= 0.6 is 0 Å². The fraction of sp³-hybridized carbons (Fsp3) is 0.0909. The summed E-state index contributed by atoms with van der Waals surface area (Å²) in [6.07, 6.45) is 2.22. The lowest BCUT2D eigenvalue weighted by Crippen LogP contribution is -2.49. The van der Waals surface area contributed by atoms with Gasteiger partial charge >= 0.3 is 6.85 Å². The molecule has 0 N–H and O–H groups in total. The Hall–Kier alpha value is -2.94.